The summed E-state index contributed by atoms with van der Waals surface area (Å²) in [5.74, 6) is 0.186. The van der Waals surface area contributed by atoms with Crippen LogP contribution in [0.4, 0.5) is 0 Å². The van der Waals surface area contributed by atoms with Gasteiger partial charge in [0.1, 0.15) is 11.3 Å². The average Bonchev–Trinajstić information content (AvgIpc) is 2.72. The first-order valence-corrected chi connectivity index (χ1v) is 10.9. The molecule has 0 unspecified atom stereocenters. The first-order chi connectivity index (χ1) is 13.7. The maximum Gasteiger partial charge on any atom is 0.344 e. The largest absolute Gasteiger partial charge is 0.480 e. The standard InChI is InChI=1S/C23H32ClNO3/c1-2-3-4-5-6-7-8-9-10-11-17-27-22(26)18-28-21-15-14-20(24)19-13-12-16-25-23(19)21/h12-16H,2-11,17-18H2,1H3. The Balaban J connectivity index is 1.55. The summed E-state index contributed by atoms with van der Waals surface area (Å²) in [5, 5.41) is 1.42. The number of aromatic nitrogens is 1. The third kappa shape index (κ3) is 8.05. The molecular weight excluding hydrogens is 374 g/mol. The Kier molecular flexibility index (Phi) is 10.7. The molecule has 2 rings (SSSR count). The van der Waals surface area contributed by atoms with Gasteiger partial charge in [0.05, 0.1) is 11.6 Å². The van der Waals surface area contributed by atoms with Crippen LogP contribution in [0.15, 0.2) is 30.5 Å². The molecule has 0 fully saturated rings. The second kappa shape index (κ2) is 13.4. The average molecular weight is 406 g/mol. The van der Waals surface area contributed by atoms with Crippen molar-refractivity contribution in [1.29, 1.82) is 0 Å². The number of carbonyl (C=O) groups excluding carboxylic acids is 1. The van der Waals surface area contributed by atoms with Crippen molar-refractivity contribution in [2.45, 2.75) is 71.1 Å². The Morgan fingerprint density at radius 2 is 1.64 bits per heavy atom. The number of rotatable bonds is 14. The SMILES string of the molecule is CCCCCCCCCCCCOC(=O)COc1ccc(Cl)c2cccnc12. The van der Waals surface area contributed by atoms with Crippen LogP contribution in [0.5, 0.6) is 5.75 Å². The fourth-order valence-corrected chi connectivity index (χ4v) is 3.40. The van der Waals surface area contributed by atoms with E-state index in [1.807, 2.05) is 12.1 Å². The molecule has 0 bridgehead atoms. The summed E-state index contributed by atoms with van der Waals surface area (Å²) >= 11 is 6.16. The van der Waals surface area contributed by atoms with Gasteiger partial charge in [0.25, 0.3) is 0 Å². The van der Waals surface area contributed by atoms with Gasteiger partial charge in [-0.15, -0.1) is 0 Å². The van der Waals surface area contributed by atoms with Crippen LogP contribution in [0.3, 0.4) is 0 Å². The summed E-state index contributed by atoms with van der Waals surface area (Å²) in [6.45, 7) is 2.58. The summed E-state index contributed by atoms with van der Waals surface area (Å²) in [6.07, 6.45) is 14.2. The number of halogens is 1. The Hall–Kier alpha value is -1.81. The van der Waals surface area contributed by atoms with Crippen molar-refractivity contribution >= 4 is 28.5 Å². The predicted octanol–water partition coefficient (Wildman–Crippen LogP) is 6.73. The van der Waals surface area contributed by atoms with Crippen LogP contribution >= 0.6 is 11.6 Å². The Labute approximate surface area is 173 Å². The fourth-order valence-electron chi connectivity index (χ4n) is 3.18. The van der Waals surface area contributed by atoms with Gasteiger partial charge >= 0.3 is 5.97 Å². The maximum atomic E-state index is 11.9. The molecule has 0 spiro atoms. The number of benzene rings is 1. The normalized spacial score (nSPS) is 10.9. The van der Waals surface area contributed by atoms with E-state index >= 15 is 0 Å². The highest BCUT2D eigenvalue weighted by Crippen LogP contribution is 2.29. The number of pyridine rings is 1. The zero-order valence-electron chi connectivity index (χ0n) is 16.9. The van der Waals surface area contributed by atoms with Gasteiger partial charge in [-0.25, -0.2) is 4.79 Å². The lowest BCUT2D eigenvalue weighted by Crippen LogP contribution is -2.15. The van der Waals surface area contributed by atoms with Crippen molar-refractivity contribution in [2.24, 2.45) is 0 Å². The number of fused-ring (bicyclic) bond motifs is 1. The van der Waals surface area contributed by atoms with E-state index in [2.05, 4.69) is 11.9 Å². The van der Waals surface area contributed by atoms with Gasteiger partial charge in [0.15, 0.2) is 6.61 Å². The molecule has 1 aromatic carbocycles. The number of hydrogen-bond donors (Lipinski definition) is 0. The molecule has 0 aliphatic heterocycles. The molecule has 1 heterocycles. The van der Waals surface area contributed by atoms with Crippen LogP contribution in [0.25, 0.3) is 10.9 Å². The number of nitrogens with zero attached hydrogens (tertiary/aromatic N) is 1. The summed E-state index contributed by atoms with van der Waals surface area (Å²) in [4.78, 5) is 16.2. The van der Waals surface area contributed by atoms with Crippen LogP contribution in [-0.2, 0) is 9.53 Å². The number of ether oxygens (including phenoxy) is 2. The molecule has 0 radical (unpaired) electrons. The summed E-state index contributed by atoms with van der Waals surface area (Å²) < 4.78 is 10.9. The molecular formula is C23H32ClNO3. The third-order valence-electron chi connectivity index (χ3n) is 4.79. The molecule has 0 saturated heterocycles. The first kappa shape index (κ1) is 22.5. The van der Waals surface area contributed by atoms with E-state index in [1.54, 1.807) is 18.3 Å². The van der Waals surface area contributed by atoms with Crippen molar-refractivity contribution in [1.82, 2.24) is 4.98 Å². The minimum atomic E-state index is -0.352. The van der Waals surface area contributed by atoms with Gasteiger partial charge in [-0.1, -0.05) is 76.3 Å². The minimum Gasteiger partial charge on any atom is -0.480 e. The minimum absolute atomic E-state index is 0.120. The Bertz CT molecular complexity index is 720. The lowest BCUT2D eigenvalue weighted by Gasteiger charge is -2.09. The molecule has 28 heavy (non-hydrogen) atoms. The highest BCUT2D eigenvalue weighted by molar-refractivity contribution is 6.35. The van der Waals surface area contributed by atoms with Gasteiger partial charge in [-0.05, 0) is 30.7 Å². The monoisotopic (exact) mass is 405 g/mol. The smallest absolute Gasteiger partial charge is 0.344 e. The lowest BCUT2D eigenvalue weighted by atomic mass is 10.1. The van der Waals surface area contributed by atoms with E-state index in [9.17, 15) is 4.79 Å². The van der Waals surface area contributed by atoms with E-state index in [4.69, 9.17) is 21.1 Å². The number of hydrogen-bond acceptors (Lipinski definition) is 4. The molecule has 1 aromatic heterocycles. The molecule has 0 N–H and O–H groups in total. The molecule has 0 saturated carbocycles. The third-order valence-corrected chi connectivity index (χ3v) is 5.12. The molecule has 0 aliphatic carbocycles. The number of esters is 1. The van der Waals surface area contributed by atoms with Crippen LogP contribution in [0.1, 0.15) is 71.1 Å². The van der Waals surface area contributed by atoms with Gasteiger partial charge in [0.2, 0.25) is 0 Å². The highest BCUT2D eigenvalue weighted by Gasteiger charge is 2.09. The van der Waals surface area contributed by atoms with E-state index < -0.39 is 0 Å². The maximum absolute atomic E-state index is 11.9. The van der Waals surface area contributed by atoms with Gasteiger partial charge < -0.3 is 9.47 Å². The second-order valence-corrected chi connectivity index (χ2v) is 7.54. The summed E-state index contributed by atoms with van der Waals surface area (Å²) in [5.41, 5.74) is 0.650. The van der Waals surface area contributed by atoms with Gasteiger partial charge in [-0.2, -0.15) is 0 Å². The van der Waals surface area contributed by atoms with E-state index in [1.165, 1.54) is 51.4 Å². The zero-order valence-corrected chi connectivity index (χ0v) is 17.7. The first-order valence-electron chi connectivity index (χ1n) is 10.5. The lowest BCUT2D eigenvalue weighted by molar-refractivity contribution is -0.146. The molecule has 0 aliphatic rings. The molecule has 2 aromatic rings. The van der Waals surface area contributed by atoms with Crippen LogP contribution in [0, 0.1) is 0 Å². The second-order valence-electron chi connectivity index (χ2n) is 7.14. The summed E-state index contributed by atoms with van der Waals surface area (Å²) in [7, 11) is 0. The molecule has 0 amide bonds. The Morgan fingerprint density at radius 3 is 2.36 bits per heavy atom. The summed E-state index contributed by atoms with van der Waals surface area (Å²) in [6, 6.07) is 7.17. The van der Waals surface area contributed by atoms with E-state index in [-0.39, 0.29) is 12.6 Å². The Morgan fingerprint density at radius 1 is 0.964 bits per heavy atom. The van der Waals surface area contributed by atoms with E-state index in [0.29, 0.717) is 22.9 Å². The fraction of sp³-hybridized carbons (Fsp3) is 0.565. The molecule has 4 nitrogen and oxygen atoms in total. The molecule has 5 heteroatoms. The number of unbranched alkanes of at least 4 members (excludes halogenated alkanes) is 9. The topological polar surface area (TPSA) is 48.4 Å². The number of carbonyl (C=O) groups is 1. The van der Waals surface area contributed by atoms with Gasteiger partial charge in [0, 0.05) is 11.6 Å². The van der Waals surface area contributed by atoms with Gasteiger partial charge in [-0.3, -0.25) is 4.98 Å². The zero-order chi connectivity index (χ0) is 20.0. The van der Waals surface area contributed by atoms with Crippen LogP contribution < -0.4 is 4.74 Å². The highest BCUT2D eigenvalue weighted by atomic mass is 35.5. The van der Waals surface area contributed by atoms with Crippen molar-refractivity contribution < 1.29 is 14.3 Å². The van der Waals surface area contributed by atoms with Crippen molar-refractivity contribution in [2.75, 3.05) is 13.2 Å². The van der Waals surface area contributed by atoms with Crippen molar-refractivity contribution in [3.63, 3.8) is 0 Å². The van der Waals surface area contributed by atoms with Crippen molar-refractivity contribution in [3.8, 4) is 5.75 Å². The molecule has 154 valence electrons. The quantitative estimate of drug-likeness (QED) is 0.258. The van der Waals surface area contributed by atoms with Crippen molar-refractivity contribution in [3.05, 3.63) is 35.5 Å². The van der Waals surface area contributed by atoms with Crippen LogP contribution in [0.2, 0.25) is 5.02 Å². The van der Waals surface area contributed by atoms with Crippen LogP contribution in [-0.4, -0.2) is 24.2 Å². The predicted molar refractivity (Wildman–Crippen MR) is 115 cm³/mol. The molecule has 0 atom stereocenters. The van der Waals surface area contributed by atoms with E-state index in [0.717, 1.165) is 18.2 Å².